The normalized spacial score (nSPS) is 12.7. The van der Waals surface area contributed by atoms with Gasteiger partial charge in [-0.2, -0.15) is 13.2 Å². The molecule has 5 nitrogen and oxygen atoms in total. The Morgan fingerprint density at radius 1 is 1.03 bits per heavy atom. The van der Waals surface area contributed by atoms with E-state index in [2.05, 4.69) is 29.0 Å². The highest BCUT2D eigenvalue weighted by molar-refractivity contribution is 7.09. The minimum Gasteiger partial charge on any atom is -0.348 e. The highest BCUT2D eigenvalue weighted by Crippen LogP contribution is 2.30. The van der Waals surface area contributed by atoms with Gasteiger partial charge in [-0.25, -0.2) is 9.37 Å². The van der Waals surface area contributed by atoms with Crippen molar-refractivity contribution in [3.05, 3.63) is 87.1 Å². The van der Waals surface area contributed by atoms with Crippen LogP contribution < -0.4 is 5.32 Å². The monoisotopic (exact) mass is 564 g/mol. The van der Waals surface area contributed by atoms with Crippen LogP contribution >= 0.6 is 11.3 Å². The van der Waals surface area contributed by atoms with Crippen LogP contribution in [0.2, 0.25) is 0 Å². The number of aromatic nitrogens is 1. The fourth-order valence-electron chi connectivity index (χ4n) is 4.35. The fraction of sp³-hybridized carbons (Fsp3) is 0.448. The zero-order chi connectivity index (χ0) is 28.4. The minimum absolute atomic E-state index is 0.00308. The molecule has 0 fully saturated rings. The molecule has 1 heterocycles. The third-order valence-electron chi connectivity index (χ3n) is 6.54. The zero-order valence-electron chi connectivity index (χ0n) is 22.6. The second-order valence-corrected chi connectivity index (χ2v) is 10.5. The van der Waals surface area contributed by atoms with Gasteiger partial charge in [-0.1, -0.05) is 50.2 Å². The first kappa shape index (κ1) is 30.7. The molecule has 3 aromatic rings. The van der Waals surface area contributed by atoms with Crippen LogP contribution in [0.1, 0.15) is 65.8 Å². The van der Waals surface area contributed by atoms with Crippen molar-refractivity contribution in [1.29, 1.82) is 0 Å². The molecule has 0 aliphatic rings. The van der Waals surface area contributed by atoms with Gasteiger partial charge in [-0.15, -0.1) is 11.3 Å². The highest BCUT2D eigenvalue weighted by atomic mass is 32.1. The summed E-state index contributed by atoms with van der Waals surface area (Å²) in [5.74, 6) is -0.646. The van der Waals surface area contributed by atoms with E-state index in [0.717, 1.165) is 44.6 Å². The molecule has 0 spiro atoms. The maximum absolute atomic E-state index is 14.4. The molecule has 0 saturated carbocycles. The van der Waals surface area contributed by atoms with E-state index >= 15 is 0 Å². The van der Waals surface area contributed by atoms with Crippen LogP contribution in [0.4, 0.5) is 17.6 Å². The van der Waals surface area contributed by atoms with Crippen molar-refractivity contribution in [3.63, 3.8) is 0 Å². The molecule has 39 heavy (non-hydrogen) atoms. The predicted octanol–water partition coefficient (Wildman–Crippen LogP) is 6.74. The lowest BCUT2D eigenvalue weighted by molar-refractivity contribution is -0.137. The second kappa shape index (κ2) is 14.5. The third-order valence-corrected chi connectivity index (χ3v) is 7.37. The molecular weight excluding hydrogens is 528 g/mol. The van der Waals surface area contributed by atoms with Crippen LogP contribution in [-0.4, -0.2) is 46.4 Å². The van der Waals surface area contributed by atoms with Crippen LogP contribution in [0, 0.1) is 5.82 Å². The van der Waals surface area contributed by atoms with Crippen molar-refractivity contribution >= 4 is 17.2 Å². The molecule has 1 aromatic heterocycles. The molecular formula is C29H36F4N4OS. The first-order valence-corrected chi connectivity index (χ1v) is 14.1. The van der Waals surface area contributed by atoms with Gasteiger partial charge in [0.25, 0.3) is 5.91 Å². The number of nitrogens with zero attached hydrogens (tertiary/aromatic N) is 3. The minimum atomic E-state index is -4.45. The number of hydrogen-bond donors (Lipinski definition) is 1. The molecule has 1 N–H and O–H groups in total. The topological polar surface area (TPSA) is 48.5 Å². The van der Waals surface area contributed by atoms with E-state index in [1.807, 2.05) is 11.8 Å². The van der Waals surface area contributed by atoms with Crippen molar-refractivity contribution in [2.24, 2.45) is 0 Å². The first-order valence-electron chi connectivity index (χ1n) is 13.2. The number of carbonyl (C=O) groups excluding carboxylic acids is 1. The molecule has 10 heteroatoms. The van der Waals surface area contributed by atoms with Crippen molar-refractivity contribution in [2.45, 2.75) is 65.5 Å². The molecule has 0 aliphatic carbocycles. The fourth-order valence-corrected chi connectivity index (χ4v) is 5.16. The van der Waals surface area contributed by atoms with Crippen LogP contribution in [-0.2, 0) is 25.8 Å². The number of thiazole rings is 1. The Kier molecular flexibility index (Phi) is 11.4. The molecule has 212 valence electrons. The molecule has 0 radical (unpaired) electrons. The van der Waals surface area contributed by atoms with Gasteiger partial charge in [0.05, 0.1) is 12.1 Å². The van der Waals surface area contributed by atoms with E-state index in [4.69, 9.17) is 0 Å². The van der Waals surface area contributed by atoms with Gasteiger partial charge in [0.2, 0.25) is 0 Å². The molecule has 0 saturated heterocycles. The summed E-state index contributed by atoms with van der Waals surface area (Å²) in [5.41, 5.74) is 0.451. The van der Waals surface area contributed by atoms with Gasteiger partial charge in [0.15, 0.2) is 0 Å². The van der Waals surface area contributed by atoms with E-state index in [-0.39, 0.29) is 37.4 Å². The Morgan fingerprint density at radius 3 is 2.46 bits per heavy atom. The maximum Gasteiger partial charge on any atom is 0.416 e. The summed E-state index contributed by atoms with van der Waals surface area (Å²) in [6, 6.07) is 11.4. The Balaban J connectivity index is 1.68. The summed E-state index contributed by atoms with van der Waals surface area (Å²) in [5, 5.41) is 5.30. The standard InChI is InChI=1S/C29H36F4N4OS/c1-4-36(5-2)15-9-10-21(3)34-28(38)26-20-39-27(35-26)19-37(18-23-12-6-7-14-25(23)30)17-22-11-8-13-24(16-22)29(31,32)33/h6-8,11-14,16,20-21H,4-5,9-10,15,17-19H2,1-3H3,(H,34,38). The molecule has 0 aliphatic heterocycles. The lowest BCUT2D eigenvalue weighted by Crippen LogP contribution is -2.34. The van der Waals surface area contributed by atoms with E-state index in [1.54, 1.807) is 29.6 Å². The Morgan fingerprint density at radius 2 is 1.77 bits per heavy atom. The van der Waals surface area contributed by atoms with Gasteiger partial charge < -0.3 is 10.2 Å². The number of rotatable bonds is 14. The average Bonchev–Trinajstić information content (AvgIpc) is 3.36. The molecule has 1 atom stereocenters. The van der Waals surface area contributed by atoms with Crippen molar-refractivity contribution in [3.8, 4) is 0 Å². The maximum atomic E-state index is 14.4. The molecule has 1 amide bonds. The zero-order valence-corrected chi connectivity index (χ0v) is 23.4. The largest absolute Gasteiger partial charge is 0.416 e. The Hall–Kier alpha value is -2.82. The number of nitrogens with one attached hydrogen (secondary N) is 1. The predicted molar refractivity (Wildman–Crippen MR) is 147 cm³/mol. The number of benzene rings is 2. The van der Waals surface area contributed by atoms with Crippen molar-refractivity contribution < 1.29 is 22.4 Å². The number of amides is 1. The Bertz CT molecular complexity index is 1200. The van der Waals surface area contributed by atoms with Gasteiger partial charge in [-0.3, -0.25) is 9.69 Å². The second-order valence-electron chi connectivity index (χ2n) is 9.60. The van der Waals surface area contributed by atoms with Crippen LogP contribution in [0.15, 0.2) is 53.9 Å². The number of hydrogen-bond acceptors (Lipinski definition) is 5. The van der Waals surface area contributed by atoms with Gasteiger partial charge in [0.1, 0.15) is 16.5 Å². The van der Waals surface area contributed by atoms with Gasteiger partial charge in [0, 0.05) is 30.1 Å². The lowest BCUT2D eigenvalue weighted by Gasteiger charge is -2.22. The summed E-state index contributed by atoms with van der Waals surface area (Å²) in [6.07, 6.45) is -2.62. The molecule has 3 rings (SSSR count). The van der Waals surface area contributed by atoms with Gasteiger partial charge >= 0.3 is 6.18 Å². The van der Waals surface area contributed by atoms with E-state index < -0.39 is 11.7 Å². The summed E-state index contributed by atoms with van der Waals surface area (Å²) < 4.78 is 54.1. The number of halogens is 4. The Labute approximate surface area is 231 Å². The smallest absolute Gasteiger partial charge is 0.348 e. The number of carbonyl (C=O) groups is 1. The van der Waals surface area contributed by atoms with Crippen molar-refractivity contribution in [2.75, 3.05) is 19.6 Å². The average molecular weight is 565 g/mol. The van der Waals surface area contributed by atoms with Crippen LogP contribution in [0.3, 0.4) is 0 Å². The summed E-state index contributed by atoms with van der Waals surface area (Å²) in [4.78, 5) is 21.4. The number of alkyl halides is 3. The summed E-state index contributed by atoms with van der Waals surface area (Å²) >= 11 is 1.30. The highest BCUT2D eigenvalue weighted by Gasteiger charge is 2.30. The molecule has 0 bridgehead atoms. The quantitative estimate of drug-likeness (QED) is 0.220. The summed E-state index contributed by atoms with van der Waals surface area (Å²) in [7, 11) is 0. The third kappa shape index (κ3) is 9.70. The van der Waals surface area contributed by atoms with Crippen LogP contribution in [0.5, 0.6) is 0 Å². The summed E-state index contributed by atoms with van der Waals surface area (Å²) in [6.45, 7) is 9.80. The van der Waals surface area contributed by atoms with Crippen LogP contribution in [0.25, 0.3) is 0 Å². The molecule has 2 aromatic carbocycles. The van der Waals surface area contributed by atoms with E-state index in [1.165, 1.54) is 23.5 Å². The first-order chi connectivity index (χ1) is 18.6. The SMILES string of the molecule is CCN(CC)CCCC(C)NC(=O)c1csc(CN(Cc2cccc(C(F)(F)F)c2)Cc2ccccc2F)n1. The molecule has 1 unspecified atom stereocenters. The lowest BCUT2D eigenvalue weighted by atomic mass is 10.1. The van der Waals surface area contributed by atoms with E-state index in [9.17, 15) is 22.4 Å². The van der Waals surface area contributed by atoms with Crippen molar-refractivity contribution in [1.82, 2.24) is 20.1 Å². The van der Waals surface area contributed by atoms with Gasteiger partial charge in [-0.05, 0) is 57.1 Å². The van der Waals surface area contributed by atoms with E-state index in [0.29, 0.717) is 21.8 Å².